The van der Waals surface area contributed by atoms with Crippen LogP contribution in [0.4, 0.5) is 0 Å². The maximum Gasteiger partial charge on any atom is 0.216 e. The molecule has 1 aromatic rings. The number of hydrogen-bond acceptors (Lipinski definition) is 3. The largest absolute Gasteiger partial charge is 0.497 e. The predicted molar refractivity (Wildman–Crippen MR) is 56.6 cm³/mol. The van der Waals surface area contributed by atoms with Crippen molar-refractivity contribution in [2.75, 3.05) is 13.7 Å². The molecule has 0 bridgehead atoms. The molecule has 0 spiro atoms. The van der Waals surface area contributed by atoms with Crippen molar-refractivity contribution in [2.45, 2.75) is 13.0 Å². The van der Waals surface area contributed by atoms with Crippen LogP contribution in [0.5, 0.6) is 5.75 Å². The molecule has 0 saturated heterocycles. The normalized spacial score (nSPS) is 11.9. The van der Waals surface area contributed by atoms with Gasteiger partial charge in [0.05, 0.1) is 13.2 Å². The van der Waals surface area contributed by atoms with E-state index in [-0.39, 0.29) is 12.5 Å². The molecule has 0 aliphatic rings. The zero-order valence-electron chi connectivity index (χ0n) is 8.86. The summed E-state index contributed by atoms with van der Waals surface area (Å²) in [6, 6.07) is 7.08. The molecule has 2 N–H and O–H groups in total. The fourth-order valence-electron chi connectivity index (χ4n) is 1.18. The van der Waals surface area contributed by atoms with Gasteiger partial charge in [0.1, 0.15) is 5.75 Å². The Morgan fingerprint density at radius 3 is 2.53 bits per heavy atom. The van der Waals surface area contributed by atoms with Gasteiger partial charge in [-0.05, 0) is 17.7 Å². The number of carbonyl (C=O) groups is 1. The number of rotatable bonds is 4. The van der Waals surface area contributed by atoms with E-state index in [1.807, 2.05) is 0 Å². The van der Waals surface area contributed by atoms with Gasteiger partial charge in [-0.25, -0.2) is 0 Å². The van der Waals surface area contributed by atoms with E-state index in [9.17, 15) is 9.90 Å². The van der Waals surface area contributed by atoms with Crippen molar-refractivity contribution in [3.63, 3.8) is 0 Å². The Morgan fingerprint density at radius 1 is 1.47 bits per heavy atom. The summed E-state index contributed by atoms with van der Waals surface area (Å²) in [5, 5.41) is 12.2. The number of methoxy groups -OCH3 is 1. The van der Waals surface area contributed by atoms with Crippen LogP contribution < -0.4 is 10.1 Å². The number of aliphatic hydroxyl groups is 1. The summed E-state index contributed by atoms with van der Waals surface area (Å²) < 4.78 is 5.00. The van der Waals surface area contributed by atoms with E-state index in [1.165, 1.54) is 6.92 Å². The van der Waals surface area contributed by atoms with Crippen molar-refractivity contribution in [3.8, 4) is 5.75 Å². The van der Waals surface area contributed by atoms with Gasteiger partial charge < -0.3 is 15.2 Å². The number of benzene rings is 1. The molecule has 4 nitrogen and oxygen atoms in total. The van der Waals surface area contributed by atoms with E-state index in [0.717, 1.165) is 11.3 Å². The minimum absolute atomic E-state index is 0.150. The molecule has 0 aliphatic heterocycles. The maximum absolute atomic E-state index is 10.6. The SMILES string of the molecule is COc1ccc(C(O)CNC(C)=O)cc1. The number of ether oxygens (including phenoxy) is 1. The Bertz CT molecular complexity index is 321. The van der Waals surface area contributed by atoms with Gasteiger partial charge in [-0.15, -0.1) is 0 Å². The number of carbonyl (C=O) groups excluding carboxylic acids is 1. The van der Waals surface area contributed by atoms with Crippen molar-refractivity contribution in [3.05, 3.63) is 29.8 Å². The Balaban J connectivity index is 2.57. The van der Waals surface area contributed by atoms with Crippen LogP contribution in [0.3, 0.4) is 0 Å². The summed E-state index contributed by atoms with van der Waals surface area (Å²) in [6.07, 6.45) is -0.681. The maximum atomic E-state index is 10.6. The monoisotopic (exact) mass is 209 g/mol. The Labute approximate surface area is 88.9 Å². The number of nitrogens with one attached hydrogen (secondary N) is 1. The molecule has 1 unspecified atom stereocenters. The summed E-state index contributed by atoms with van der Waals surface area (Å²) in [4.78, 5) is 10.6. The van der Waals surface area contributed by atoms with Gasteiger partial charge in [0, 0.05) is 13.5 Å². The highest BCUT2D eigenvalue weighted by Crippen LogP contribution is 2.16. The molecule has 1 atom stereocenters. The molecule has 1 aromatic carbocycles. The highest BCUT2D eigenvalue weighted by atomic mass is 16.5. The first kappa shape index (κ1) is 11.5. The van der Waals surface area contributed by atoms with Crippen molar-refractivity contribution in [1.29, 1.82) is 0 Å². The van der Waals surface area contributed by atoms with E-state index >= 15 is 0 Å². The smallest absolute Gasteiger partial charge is 0.216 e. The van der Waals surface area contributed by atoms with E-state index in [2.05, 4.69) is 5.32 Å². The second kappa shape index (κ2) is 5.36. The van der Waals surface area contributed by atoms with Gasteiger partial charge in [0.15, 0.2) is 0 Å². The lowest BCUT2D eigenvalue weighted by Crippen LogP contribution is -2.25. The molecular formula is C11H15NO3. The molecular weight excluding hydrogens is 194 g/mol. The third kappa shape index (κ3) is 3.59. The van der Waals surface area contributed by atoms with Crippen molar-refractivity contribution >= 4 is 5.91 Å². The van der Waals surface area contributed by atoms with Gasteiger partial charge >= 0.3 is 0 Å². The molecule has 15 heavy (non-hydrogen) atoms. The molecule has 1 amide bonds. The number of aliphatic hydroxyl groups excluding tert-OH is 1. The van der Waals surface area contributed by atoms with Gasteiger partial charge in [-0.2, -0.15) is 0 Å². The van der Waals surface area contributed by atoms with Crippen molar-refractivity contribution in [2.24, 2.45) is 0 Å². The topological polar surface area (TPSA) is 58.6 Å². The second-order valence-electron chi connectivity index (χ2n) is 3.23. The van der Waals surface area contributed by atoms with Gasteiger partial charge in [-0.3, -0.25) is 4.79 Å². The first-order valence-electron chi connectivity index (χ1n) is 4.70. The van der Waals surface area contributed by atoms with Crippen molar-refractivity contribution in [1.82, 2.24) is 5.32 Å². The number of amides is 1. The average Bonchev–Trinajstić information content (AvgIpc) is 2.26. The molecule has 0 fully saturated rings. The lowest BCUT2D eigenvalue weighted by molar-refractivity contribution is -0.119. The minimum Gasteiger partial charge on any atom is -0.497 e. The van der Waals surface area contributed by atoms with Crippen LogP contribution >= 0.6 is 0 Å². The van der Waals surface area contributed by atoms with Crippen LogP contribution in [-0.4, -0.2) is 24.7 Å². The van der Waals surface area contributed by atoms with Crippen LogP contribution in [0.15, 0.2) is 24.3 Å². The minimum atomic E-state index is -0.681. The third-order valence-electron chi connectivity index (χ3n) is 2.04. The third-order valence-corrected chi connectivity index (χ3v) is 2.04. The van der Waals surface area contributed by atoms with E-state index < -0.39 is 6.10 Å². The highest BCUT2D eigenvalue weighted by Gasteiger charge is 2.07. The molecule has 0 saturated carbocycles. The average molecular weight is 209 g/mol. The summed E-state index contributed by atoms with van der Waals surface area (Å²) in [6.45, 7) is 1.64. The van der Waals surface area contributed by atoms with Gasteiger partial charge in [0.2, 0.25) is 5.91 Å². The fourth-order valence-corrected chi connectivity index (χ4v) is 1.18. The van der Waals surface area contributed by atoms with Crippen molar-refractivity contribution < 1.29 is 14.6 Å². The Kier molecular flexibility index (Phi) is 4.12. The van der Waals surface area contributed by atoms with Crippen LogP contribution in [0, 0.1) is 0 Å². The first-order chi connectivity index (χ1) is 7.13. The Morgan fingerprint density at radius 2 is 2.07 bits per heavy atom. The standard InChI is InChI=1S/C11H15NO3/c1-8(13)12-7-11(14)9-3-5-10(15-2)6-4-9/h3-6,11,14H,7H2,1-2H3,(H,12,13). The van der Waals surface area contributed by atoms with E-state index in [0.29, 0.717) is 0 Å². The second-order valence-corrected chi connectivity index (χ2v) is 3.23. The molecule has 0 radical (unpaired) electrons. The zero-order valence-corrected chi connectivity index (χ0v) is 8.86. The summed E-state index contributed by atoms with van der Waals surface area (Å²) >= 11 is 0. The molecule has 4 heteroatoms. The van der Waals surface area contributed by atoms with Crippen LogP contribution in [-0.2, 0) is 4.79 Å². The molecule has 1 rings (SSSR count). The first-order valence-corrected chi connectivity index (χ1v) is 4.70. The summed E-state index contributed by atoms with van der Waals surface area (Å²) in [5.41, 5.74) is 0.754. The lowest BCUT2D eigenvalue weighted by Gasteiger charge is -2.11. The number of hydrogen-bond donors (Lipinski definition) is 2. The predicted octanol–water partition coefficient (Wildman–Crippen LogP) is 0.865. The summed E-state index contributed by atoms with van der Waals surface area (Å²) in [7, 11) is 1.59. The Hall–Kier alpha value is -1.55. The molecule has 82 valence electrons. The molecule has 0 aromatic heterocycles. The van der Waals surface area contributed by atoms with Gasteiger partial charge in [0.25, 0.3) is 0 Å². The van der Waals surface area contributed by atoms with E-state index in [4.69, 9.17) is 4.74 Å². The van der Waals surface area contributed by atoms with Crippen LogP contribution in [0.25, 0.3) is 0 Å². The molecule has 0 aliphatic carbocycles. The fraction of sp³-hybridized carbons (Fsp3) is 0.364. The quantitative estimate of drug-likeness (QED) is 0.773. The highest BCUT2D eigenvalue weighted by molar-refractivity contribution is 5.72. The molecule has 0 heterocycles. The van der Waals surface area contributed by atoms with E-state index in [1.54, 1.807) is 31.4 Å². The van der Waals surface area contributed by atoms with Crippen LogP contribution in [0.2, 0.25) is 0 Å². The lowest BCUT2D eigenvalue weighted by atomic mass is 10.1. The zero-order chi connectivity index (χ0) is 11.3. The summed E-state index contributed by atoms with van der Waals surface area (Å²) in [5.74, 6) is 0.591. The van der Waals surface area contributed by atoms with Gasteiger partial charge in [-0.1, -0.05) is 12.1 Å². The van der Waals surface area contributed by atoms with Crippen LogP contribution in [0.1, 0.15) is 18.6 Å².